The molecule has 120 valence electrons. The molecule has 2 aromatic rings. The molecular formula is C18H20ClN3O. The number of carbonyl (C=O) groups is 1. The Kier molecular flexibility index (Phi) is 4.55. The molecule has 1 aliphatic rings. The molecule has 1 unspecified atom stereocenters. The first kappa shape index (κ1) is 15.8. The number of halogens is 1. The summed E-state index contributed by atoms with van der Waals surface area (Å²) in [4.78, 5) is 16.8. The van der Waals surface area contributed by atoms with Gasteiger partial charge in [-0.1, -0.05) is 41.9 Å². The number of carbonyl (C=O) groups excluding carboxylic acids is 1. The van der Waals surface area contributed by atoms with Gasteiger partial charge in [0.25, 0.3) is 5.91 Å². The van der Waals surface area contributed by atoms with Crippen molar-refractivity contribution in [1.82, 2.24) is 10.2 Å². The molecule has 0 spiro atoms. The minimum Gasteiger partial charge on any atom is -0.345 e. The van der Waals surface area contributed by atoms with Gasteiger partial charge in [0.2, 0.25) is 0 Å². The van der Waals surface area contributed by atoms with Gasteiger partial charge in [-0.3, -0.25) is 4.79 Å². The van der Waals surface area contributed by atoms with Crippen molar-refractivity contribution < 1.29 is 4.79 Å². The molecule has 23 heavy (non-hydrogen) atoms. The van der Waals surface area contributed by atoms with E-state index in [1.165, 1.54) is 0 Å². The Morgan fingerprint density at radius 3 is 2.61 bits per heavy atom. The number of benzene rings is 2. The largest absolute Gasteiger partial charge is 0.345 e. The Morgan fingerprint density at radius 2 is 1.91 bits per heavy atom. The molecule has 0 saturated heterocycles. The Labute approximate surface area is 141 Å². The molecule has 1 atom stereocenters. The van der Waals surface area contributed by atoms with Crippen LogP contribution in [0, 0.1) is 0 Å². The second kappa shape index (κ2) is 6.60. The maximum atomic E-state index is 12.5. The third kappa shape index (κ3) is 3.33. The first-order valence-corrected chi connectivity index (χ1v) is 8.01. The molecule has 2 aromatic carbocycles. The molecule has 0 aromatic heterocycles. The van der Waals surface area contributed by atoms with Crippen molar-refractivity contribution in [2.45, 2.75) is 6.17 Å². The van der Waals surface area contributed by atoms with E-state index >= 15 is 0 Å². The minimum absolute atomic E-state index is 0.0633. The van der Waals surface area contributed by atoms with Crippen LogP contribution in [0.5, 0.6) is 0 Å². The zero-order valence-electron chi connectivity index (χ0n) is 13.3. The average molecular weight is 330 g/mol. The molecule has 0 aliphatic carbocycles. The number of fused-ring (bicyclic) bond motifs is 1. The molecular weight excluding hydrogens is 310 g/mol. The predicted octanol–water partition coefficient (Wildman–Crippen LogP) is 3.15. The molecule has 5 heteroatoms. The van der Waals surface area contributed by atoms with Crippen LogP contribution >= 0.6 is 11.6 Å². The Bertz CT molecular complexity index is 703. The molecule has 1 heterocycles. The standard InChI is InChI=1S/C18H20ClN3O/c1-21(2)10-11-22-16-12-14(19)8-9-15(16)18(23)20-17(22)13-6-4-3-5-7-13/h3-9,12,17H,10-11H2,1-2H3,(H,20,23). The van der Waals surface area contributed by atoms with E-state index in [-0.39, 0.29) is 12.1 Å². The average Bonchev–Trinajstić information content (AvgIpc) is 2.54. The molecule has 1 N–H and O–H groups in total. The normalized spacial score (nSPS) is 17.1. The van der Waals surface area contributed by atoms with Gasteiger partial charge in [0.1, 0.15) is 6.17 Å². The second-order valence-corrected chi connectivity index (χ2v) is 6.38. The van der Waals surface area contributed by atoms with Crippen molar-refractivity contribution in [1.29, 1.82) is 0 Å². The molecule has 4 nitrogen and oxygen atoms in total. The van der Waals surface area contributed by atoms with Gasteiger partial charge in [0.15, 0.2) is 0 Å². The zero-order valence-corrected chi connectivity index (χ0v) is 14.0. The molecule has 0 saturated carbocycles. The molecule has 3 rings (SSSR count). The van der Waals surface area contributed by atoms with Crippen LogP contribution in [-0.4, -0.2) is 38.0 Å². The summed E-state index contributed by atoms with van der Waals surface area (Å²) in [5.41, 5.74) is 2.61. The quantitative estimate of drug-likeness (QED) is 0.936. The monoisotopic (exact) mass is 329 g/mol. The number of hydrogen-bond donors (Lipinski definition) is 1. The van der Waals surface area contributed by atoms with E-state index in [2.05, 4.69) is 15.1 Å². The number of likely N-dealkylation sites (N-methyl/N-ethyl adjacent to an activating group) is 1. The highest BCUT2D eigenvalue weighted by molar-refractivity contribution is 6.31. The van der Waals surface area contributed by atoms with Crippen LogP contribution in [0.2, 0.25) is 5.02 Å². The summed E-state index contributed by atoms with van der Waals surface area (Å²) in [7, 11) is 4.08. The fraction of sp³-hybridized carbons (Fsp3) is 0.278. The van der Waals surface area contributed by atoms with Gasteiger partial charge in [0, 0.05) is 18.1 Å². The first-order valence-electron chi connectivity index (χ1n) is 7.63. The van der Waals surface area contributed by atoms with E-state index in [0.717, 1.165) is 24.3 Å². The summed E-state index contributed by atoms with van der Waals surface area (Å²) < 4.78 is 0. The van der Waals surface area contributed by atoms with Gasteiger partial charge in [-0.25, -0.2) is 0 Å². The van der Waals surface area contributed by atoms with Crippen LogP contribution in [0.4, 0.5) is 5.69 Å². The van der Waals surface area contributed by atoms with E-state index in [1.807, 2.05) is 50.5 Å². The Balaban J connectivity index is 2.04. The lowest BCUT2D eigenvalue weighted by Crippen LogP contribution is -2.48. The fourth-order valence-corrected chi connectivity index (χ4v) is 2.98. The van der Waals surface area contributed by atoms with E-state index in [4.69, 9.17) is 11.6 Å². The van der Waals surface area contributed by atoms with Crippen LogP contribution in [0.3, 0.4) is 0 Å². The first-order chi connectivity index (χ1) is 11.1. The maximum Gasteiger partial charge on any atom is 0.255 e. The van der Waals surface area contributed by atoms with Crippen molar-refractivity contribution >= 4 is 23.2 Å². The fourth-order valence-electron chi connectivity index (χ4n) is 2.81. The summed E-state index contributed by atoms with van der Waals surface area (Å²) in [6, 6.07) is 15.4. The van der Waals surface area contributed by atoms with Crippen molar-refractivity contribution in [2.24, 2.45) is 0 Å². The summed E-state index contributed by atoms with van der Waals surface area (Å²) in [5.74, 6) is -0.0633. The molecule has 1 aliphatic heterocycles. The Morgan fingerprint density at radius 1 is 1.17 bits per heavy atom. The third-order valence-corrected chi connectivity index (χ3v) is 4.23. The summed E-state index contributed by atoms with van der Waals surface area (Å²) in [6.45, 7) is 1.67. The van der Waals surface area contributed by atoms with Gasteiger partial charge in [-0.15, -0.1) is 0 Å². The predicted molar refractivity (Wildman–Crippen MR) is 94.0 cm³/mol. The summed E-state index contributed by atoms with van der Waals surface area (Å²) in [6.07, 6.45) is -0.186. The van der Waals surface area contributed by atoms with Crippen LogP contribution in [-0.2, 0) is 0 Å². The van der Waals surface area contributed by atoms with E-state index in [9.17, 15) is 4.79 Å². The number of amides is 1. The zero-order chi connectivity index (χ0) is 16.4. The highest BCUT2D eigenvalue weighted by atomic mass is 35.5. The topological polar surface area (TPSA) is 35.6 Å². The van der Waals surface area contributed by atoms with Gasteiger partial charge in [-0.2, -0.15) is 0 Å². The van der Waals surface area contributed by atoms with Crippen LogP contribution in [0.1, 0.15) is 22.1 Å². The van der Waals surface area contributed by atoms with E-state index in [0.29, 0.717) is 10.6 Å². The molecule has 0 fully saturated rings. The molecule has 0 bridgehead atoms. The number of rotatable bonds is 4. The van der Waals surface area contributed by atoms with Crippen LogP contribution < -0.4 is 10.2 Å². The van der Waals surface area contributed by atoms with Crippen molar-refractivity contribution in [3.05, 3.63) is 64.7 Å². The van der Waals surface area contributed by atoms with Crippen molar-refractivity contribution in [3.8, 4) is 0 Å². The SMILES string of the molecule is CN(C)CCN1c2cc(Cl)ccc2C(=O)NC1c1ccccc1. The lowest BCUT2D eigenvalue weighted by molar-refractivity contribution is 0.0926. The highest BCUT2D eigenvalue weighted by Crippen LogP contribution is 2.34. The Hall–Kier alpha value is -2.04. The number of nitrogens with one attached hydrogen (secondary N) is 1. The van der Waals surface area contributed by atoms with Crippen LogP contribution in [0.25, 0.3) is 0 Å². The highest BCUT2D eigenvalue weighted by Gasteiger charge is 2.31. The lowest BCUT2D eigenvalue weighted by Gasteiger charge is -2.40. The molecule has 1 amide bonds. The number of anilines is 1. The summed E-state index contributed by atoms with van der Waals surface area (Å²) in [5, 5.41) is 3.75. The smallest absolute Gasteiger partial charge is 0.255 e. The van der Waals surface area contributed by atoms with E-state index < -0.39 is 0 Å². The van der Waals surface area contributed by atoms with E-state index in [1.54, 1.807) is 12.1 Å². The van der Waals surface area contributed by atoms with Gasteiger partial charge < -0.3 is 15.1 Å². The van der Waals surface area contributed by atoms with Crippen molar-refractivity contribution in [3.63, 3.8) is 0 Å². The van der Waals surface area contributed by atoms with Crippen LogP contribution in [0.15, 0.2) is 48.5 Å². The number of nitrogens with zero attached hydrogens (tertiary/aromatic N) is 2. The van der Waals surface area contributed by atoms with Gasteiger partial charge in [0.05, 0.1) is 11.3 Å². The van der Waals surface area contributed by atoms with Gasteiger partial charge >= 0.3 is 0 Å². The molecule has 0 radical (unpaired) electrons. The third-order valence-electron chi connectivity index (χ3n) is 4.00. The maximum absolute atomic E-state index is 12.5. The summed E-state index contributed by atoms with van der Waals surface area (Å²) >= 11 is 6.18. The minimum atomic E-state index is -0.186. The second-order valence-electron chi connectivity index (χ2n) is 5.94. The van der Waals surface area contributed by atoms with Gasteiger partial charge in [-0.05, 0) is 37.9 Å². The number of hydrogen-bond acceptors (Lipinski definition) is 3. The van der Waals surface area contributed by atoms with Crippen molar-refractivity contribution in [2.75, 3.05) is 32.1 Å². The lowest BCUT2D eigenvalue weighted by atomic mass is 10.0.